The first-order chi connectivity index (χ1) is 34.7. The molecule has 7 aromatic rings. The van der Waals surface area contributed by atoms with Gasteiger partial charge in [-0.15, -0.1) is 0 Å². The summed E-state index contributed by atoms with van der Waals surface area (Å²) in [6.07, 6.45) is -2.00. The first kappa shape index (κ1) is 49.5. The summed E-state index contributed by atoms with van der Waals surface area (Å²) in [5, 5.41) is 0. The Morgan fingerprint density at radius 3 is 1.09 bits per heavy atom. The second kappa shape index (κ2) is 26.7. The number of hydrogen-bond acceptors (Lipinski definition) is 9. The van der Waals surface area contributed by atoms with E-state index in [0.29, 0.717) is 59.1 Å². The lowest BCUT2D eigenvalue weighted by molar-refractivity contribution is -0.279. The molecule has 0 aromatic heterocycles. The molecule has 0 radical (unpaired) electrons. The topological polar surface area (TPSA) is 73.8 Å². The molecule has 0 N–H and O–H groups in total. The van der Waals surface area contributed by atoms with Gasteiger partial charge in [-0.05, 0) is 64.3 Å². The lowest BCUT2D eigenvalue weighted by Gasteiger charge is -2.49. The maximum atomic E-state index is 7.46. The van der Waals surface area contributed by atoms with Crippen LogP contribution in [-0.4, -0.2) is 61.4 Å². The maximum Gasteiger partial charge on any atom is 0.115 e. The Labute approximate surface area is 418 Å². The lowest BCUT2D eigenvalue weighted by atomic mass is 9.82. The normalized spacial score (nSPS) is 23.5. The van der Waals surface area contributed by atoms with Crippen molar-refractivity contribution in [1.82, 2.24) is 0 Å². The van der Waals surface area contributed by atoms with Crippen molar-refractivity contribution in [3.05, 3.63) is 246 Å². The third-order valence-electron chi connectivity index (χ3n) is 12.9. The molecule has 8 nitrogen and oxygen atoms in total. The average Bonchev–Trinajstić information content (AvgIpc) is 3.41. The summed E-state index contributed by atoms with van der Waals surface area (Å²) in [5.74, 6) is -0.0423. The van der Waals surface area contributed by atoms with E-state index in [1.54, 1.807) is 11.8 Å². The second-order valence-electron chi connectivity index (χ2n) is 18.0. The summed E-state index contributed by atoms with van der Waals surface area (Å²) >= 11 is 1.74. The van der Waals surface area contributed by atoms with Crippen LogP contribution in [-0.2, 0) is 77.5 Å². The minimum Gasteiger partial charge on any atom is -0.374 e. The Hall–Kier alpha value is -5.43. The number of benzene rings is 7. The molecule has 7 aromatic carbocycles. The first-order valence-corrected chi connectivity index (χ1v) is 25.5. The van der Waals surface area contributed by atoms with Gasteiger partial charge in [-0.25, -0.2) is 0 Å². The van der Waals surface area contributed by atoms with Crippen molar-refractivity contribution in [3.8, 4) is 0 Å². The quantitative estimate of drug-likeness (QED) is 0.0589. The van der Waals surface area contributed by atoms with Gasteiger partial charge < -0.3 is 37.9 Å². The summed E-state index contributed by atoms with van der Waals surface area (Å²) in [5.41, 5.74) is 6.27. The molecular formula is C61H64O8S. The SMILES string of the molecule is c1ccc(COC[C@H]2OC(Sc3ccccc3)C[C@@H](C[C@H]3O[C@H](COCc4ccccc4)[C@@H](OCc4ccccc4)[C@H](OCc4ccccc4)[C@H]3OCc3ccccc3)[C@@H]2OCc2ccccc2)cc1. The fourth-order valence-electron chi connectivity index (χ4n) is 9.35. The zero-order valence-electron chi connectivity index (χ0n) is 39.6. The molecule has 362 valence electrons. The van der Waals surface area contributed by atoms with Gasteiger partial charge in [0.15, 0.2) is 0 Å². The standard InChI is InChI=1S/C61H64O8S/c1-8-22-46(23-9-1)38-62-44-55-58(64-40-48-26-12-3-13-27-48)52(37-57(69-55)70-53-34-20-7-21-35-53)36-54-59(65-41-49-28-14-4-15-29-49)61(67-43-51-32-18-6-19-33-51)60(66-42-50-30-16-5-17-31-50)56(68-54)45-63-39-47-24-10-2-11-25-47/h1-35,52,54-61H,36-45H2/t52-,54-,55-,56-,57?,58+,59+,60-,61-/m1/s1. The minimum absolute atomic E-state index is 0.0423. The highest BCUT2D eigenvalue weighted by Crippen LogP contribution is 2.42. The van der Waals surface area contributed by atoms with E-state index in [0.717, 1.165) is 38.3 Å². The number of hydrogen-bond donors (Lipinski definition) is 0. The van der Waals surface area contributed by atoms with Gasteiger partial charge in [0.2, 0.25) is 0 Å². The molecule has 0 saturated carbocycles. The van der Waals surface area contributed by atoms with E-state index >= 15 is 0 Å². The monoisotopic (exact) mass is 956 g/mol. The highest BCUT2D eigenvalue weighted by Gasteiger charge is 2.51. The van der Waals surface area contributed by atoms with Gasteiger partial charge in [-0.2, -0.15) is 0 Å². The zero-order chi connectivity index (χ0) is 47.4. The summed E-state index contributed by atoms with van der Waals surface area (Å²) in [6, 6.07) is 72.3. The van der Waals surface area contributed by atoms with Crippen LogP contribution in [0.4, 0.5) is 0 Å². The van der Waals surface area contributed by atoms with E-state index in [-0.39, 0.29) is 30.2 Å². The van der Waals surface area contributed by atoms with Crippen molar-refractivity contribution < 1.29 is 37.9 Å². The van der Waals surface area contributed by atoms with Gasteiger partial charge in [0.25, 0.3) is 0 Å². The molecule has 0 bridgehead atoms. The molecule has 0 spiro atoms. The van der Waals surface area contributed by atoms with Crippen LogP contribution in [0.15, 0.2) is 217 Å². The van der Waals surface area contributed by atoms with Crippen LogP contribution in [0.5, 0.6) is 0 Å². The zero-order valence-corrected chi connectivity index (χ0v) is 40.5. The van der Waals surface area contributed by atoms with Crippen LogP contribution >= 0.6 is 11.8 Å². The van der Waals surface area contributed by atoms with Gasteiger partial charge in [0.05, 0.1) is 65.1 Å². The molecule has 70 heavy (non-hydrogen) atoms. The molecular weight excluding hydrogens is 893 g/mol. The molecule has 2 aliphatic rings. The lowest BCUT2D eigenvalue weighted by Crippen LogP contribution is -2.62. The molecule has 9 heteroatoms. The number of rotatable bonds is 24. The van der Waals surface area contributed by atoms with E-state index < -0.39 is 30.5 Å². The van der Waals surface area contributed by atoms with Gasteiger partial charge in [-0.1, -0.05) is 212 Å². The molecule has 1 unspecified atom stereocenters. The Kier molecular flexibility index (Phi) is 18.9. The van der Waals surface area contributed by atoms with Crippen molar-refractivity contribution in [2.24, 2.45) is 5.92 Å². The van der Waals surface area contributed by atoms with Crippen molar-refractivity contribution in [2.45, 2.75) is 106 Å². The highest BCUT2D eigenvalue weighted by atomic mass is 32.2. The molecule has 9 atom stereocenters. The van der Waals surface area contributed by atoms with Crippen LogP contribution in [0.2, 0.25) is 0 Å². The average molecular weight is 957 g/mol. The molecule has 2 fully saturated rings. The van der Waals surface area contributed by atoms with Crippen LogP contribution in [0, 0.1) is 5.92 Å². The molecule has 2 aliphatic heterocycles. The highest BCUT2D eigenvalue weighted by molar-refractivity contribution is 7.99. The predicted octanol–water partition coefficient (Wildman–Crippen LogP) is 12.4. The van der Waals surface area contributed by atoms with Crippen molar-refractivity contribution in [3.63, 3.8) is 0 Å². The third kappa shape index (κ3) is 14.8. The van der Waals surface area contributed by atoms with Gasteiger partial charge >= 0.3 is 0 Å². The van der Waals surface area contributed by atoms with Crippen molar-refractivity contribution in [1.29, 1.82) is 0 Å². The van der Waals surface area contributed by atoms with Crippen LogP contribution < -0.4 is 0 Å². The van der Waals surface area contributed by atoms with Gasteiger partial charge in [0.1, 0.15) is 36.0 Å². The summed E-state index contributed by atoms with van der Waals surface area (Å²) in [6.45, 7) is 3.04. The number of ether oxygens (including phenoxy) is 8. The Bertz CT molecular complexity index is 2490. The smallest absolute Gasteiger partial charge is 0.115 e. The van der Waals surface area contributed by atoms with E-state index in [2.05, 4.69) is 109 Å². The fraction of sp³-hybridized carbons (Fsp3) is 0.311. The van der Waals surface area contributed by atoms with Crippen LogP contribution in [0.3, 0.4) is 0 Å². The van der Waals surface area contributed by atoms with E-state index in [9.17, 15) is 0 Å². The Morgan fingerprint density at radius 1 is 0.343 bits per heavy atom. The summed E-state index contributed by atoms with van der Waals surface area (Å²) < 4.78 is 56.1. The van der Waals surface area contributed by atoms with Crippen molar-refractivity contribution >= 4 is 11.8 Å². The van der Waals surface area contributed by atoms with Crippen LogP contribution in [0.1, 0.15) is 46.2 Å². The summed E-state index contributed by atoms with van der Waals surface area (Å²) in [7, 11) is 0. The van der Waals surface area contributed by atoms with Gasteiger partial charge in [-0.3, -0.25) is 0 Å². The van der Waals surface area contributed by atoms with Gasteiger partial charge in [0, 0.05) is 4.90 Å². The van der Waals surface area contributed by atoms with Crippen LogP contribution in [0.25, 0.3) is 0 Å². The predicted molar refractivity (Wildman–Crippen MR) is 275 cm³/mol. The molecule has 2 heterocycles. The van der Waals surface area contributed by atoms with E-state index in [1.165, 1.54) is 0 Å². The Morgan fingerprint density at radius 2 is 0.671 bits per heavy atom. The van der Waals surface area contributed by atoms with E-state index in [4.69, 9.17) is 37.9 Å². The molecule has 0 amide bonds. The molecule has 9 rings (SSSR count). The number of thioether (sulfide) groups is 1. The summed E-state index contributed by atoms with van der Waals surface area (Å²) in [4.78, 5) is 1.14. The first-order valence-electron chi connectivity index (χ1n) is 24.6. The largest absolute Gasteiger partial charge is 0.374 e. The second-order valence-corrected chi connectivity index (χ2v) is 19.3. The maximum absolute atomic E-state index is 7.46. The fourth-order valence-corrected chi connectivity index (χ4v) is 10.5. The van der Waals surface area contributed by atoms with E-state index in [1.807, 2.05) is 103 Å². The third-order valence-corrected chi connectivity index (χ3v) is 14.0. The Balaban J connectivity index is 1.07. The molecule has 0 aliphatic carbocycles. The van der Waals surface area contributed by atoms with Crippen molar-refractivity contribution in [2.75, 3.05) is 13.2 Å². The minimum atomic E-state index is -0.544. The molecule has 2 saturated heterocycles.